The van der Waals surface area contributed by atoms with E-state index in [2.05, 4.69) is 10.6 Å². The third-order valence-corrected chi connectivity index (χ3v) is 3.59. The van der Waals surface area contributed by atoms with Crippen LogP contribution in [0.2, 0.25) is 0 Å². The zero-order chi connectivity index (χ0) is 14.4. The summed E-state index contributed by atoms with van der Waals surface area (Å²) < 4.78 is 10.5. The van der Waals surface area contributed by atoms with Gasteiger partial charge in [-0.3, -0.25) is 4.79 Å². The number of amides is 1. The zero-order valence-corrected chi connectivity index (χ0v) is 13.3. The molecule has 118 valence electrons. The molecule has 0 aromatic heterocycles. The van der Waals surface area contributed by atoms with E-state index in [0.29, 0.717) is 6.54 Å². The fourth-order valence-electron chi connectivity index (χ4n) is 2.39. The highest BCUT2D eigenvalue weighted by atomic mass is 35.5. The Hall–Kier alpha value is -1.46. The Kier molecular flexibility index (Phi) is 7.32. The van der Waals surface area contributed by atoms with Crippen molar-refractivity contribution in [3.8, 4) is 11.5 Å². The highest BCUT2D eigenvalue weighted by Gasteiger charge is 2.21. The van der Waals surface area contributed by atoms with Gasteiger partial charge in [-0.1, -0.05) is 6.07 Å². The Morgan fingerprint density at radius 2 is 2.10 bits per heavy atom. The van der Waals surface area contributed by atoms with Crippen LogP contribution in [0.5, 0.6) is 11.5 Å². The summed E-state index contributed by atoms with van der Waals surface area (Å²) in [6, 6.07) is 5.82. The maximum Gasteiger partial charge on any atom is 0.224 e. The number of carbonyl (C=O) groups is 1. The molecule has 1 amide bonds. The molecule has 5 nitrogen and oxygen atoms in total. The third kappa shape index (κ3) is 4.79. The molecular formula is C15H23ClN2O3. The SMILES string of the molecule is COc1ccc(CCNC(=O)C2CCNC2)cc1OC.Cl. The predicted molar refractivity (Wildman–Crippen MR) is 84.5 cm³/mol. The first-order valence-electron chi connectivity index (χ1n) is 6.94. The highest BCUT2D eigenvalue weighted by Crippen LogP contribution is 2.27. The number of benzene rings is 1. The number of hydrogen-bond acceptors (Lipinski definition) is 4. The summed E-state index contributed by atoms with van der Waals surface area (Å²) >= 11 is 0. The lowest BCUT2D eigenvalue weighted by Gasteiger charge is -2.11. The van der Waals surface area contributed by atoms with E-state index >= 15 is 0 Å². The second-order valence-corrected chi connectivity index (χ2v) is 4.92. The number of carbonyl (C=O) groups excluding carboxylic acids is 1. The van der Waals surface area contributed by atoms with Crippen LogP contribution in [0.15, 0.2) is 18.2 Å². The van der Waals surface area contributed by atoms with Crippen LogP contribution < -0.4 is 20.1 Å². The van der Waals surface area contributed by atoms with E-state index in [9.17, 15) is 4.79 Å². The lowest BCUT2D eigenvalue weighted by atomic mass is 10.1. The highest BCUT2D eigenvalue weighted by molar-refractivity contribution is 5.85. The van der Waals surface area contributed by atoms with Crippen LogP contribution in [-0.4, -0.2) is 39.8 Å². The van der Waals surface area contributed by atoms with Crippen molar-refractivity contribution in [2.24, 2.45) is 5.92 Å². The summed E-state index contributed by atoms with van der Waals surface area (Å²) in [5.74, 6) is 1.71. The molecule has 0 spiro atoms. The molecule has 1 heterocycles. The van der Waals surface area contributed by atoms with Gasteiger partial charge < -0.3 is 20.1 Å². The Balaban J connectivity index is 0.00000220. The number of halogens is 1. The monoisotopic (exact) mass is 314 g/mol. The molecule has 0 bridgehead atoms. The fraction of sp³-hybridized carbons (Fsp3) is 0.533. The van der Waals surface area contributed by atoms with E-state index in [-0.39, 0.29) is 24.2 Å². The quantitative estimate of drug-likeness (QED) is 0.833. The van der Waals surface area contributed by atoms with E-state index in [1.807, 2.05) is 18.2 Å². The lowest BCUT2D eigenvalue weighted by Crippen LogP contribution is -2.33. The first-order valence-corrected chi connectivity index (χ1v) is 6.94. The van der Waals surface area contributed by atoms with Crippen LogP contribution in [0.4, 0.5) is 0 Å². The normalized spacial score (nSPS) is 17.0. The number of rotatable bonds is 6. The largest absolute Gasteiger partial charge is 0.493 e. The van der Waals surface area contributed by atoms with Crippen LogP contribution in [0.25, 0.3) is 0 Å². The van der Waals surface area contributed by atoms with Crippen LogP contribution >= 0.6 is 12.4 Å². The average Bonchev–Trinajstić information content (AvgIpc) is 3.01. The van der Waals surface area contributed by atoms with Crippen LogP contribution in [0, 0.1) is 5.92 Å². The van der Waals surface area contributed by atoms with Crippen molar-refractivity contribution >= 4 is 18.3 Å². The first kappa shape index (κ1) is 17.6. The lowest BCUT2D eigenvalue weighted by molar-refractivity contribution is -0.124. The van der Waals surface area contributed by atoms with Gasteiger partial charge in [0.2, 0.25) is 5.91 Å². The molecule has 6 heteroatoms. The molecule has 1 unspecified atom stereocenters. The van der Waals surface area contributed by atoms with E-state index in [1.54, 1.807) is 14.2 Å². The Labute approximate surface area is 131 Å². The van der Waals surface area contributed by atoms with Crippen molar-refractivity contribution in [1.29, 1.82) is 0 Å². The van der Waals surface area contributed by atoms with Crippen LogP contribution in [0.1, 0.15) is 12.0 Å². The number of ether oxygens (including phenoxy) is 2. The molecule has 0 radical (unpaired) electrons. The van der Waals surface area contributed by atoms with Gasteiger partial charge in [-0.05, 0) is 37.1 Å². The van der Waals surface area contributed by atoms with Crippen molar-refractivity contribution in [3.05, 3.63) is 23.8 Å². The summed E-state index contributed by atoms with van der Waals surface area (Å²) in [5.41, 5.74) is 1.12. The second-order valence-electron chi connectivity index (χ2n) is 4.92. The molecule has 0 aliphatic carbocycles. The summed E-state index contributed by atoms with van der Waals surface area (Å²) in [7, 11) is 3.24. The molecule has 21 heavy (non-hydrogen) atoms. The van der Waals surface area contributed by atoms with Gasteiger partial charge in [-0.15, -0.1) is 12.4 Å². The minimum Gasteiger partial charge on any atom is -0.493 e. The summed E-state index contributed by atoms with van der Waals surface area (Å²) in [4.78, 5) is 11.9. The fourth-order valence-corrected chi connectivity index (χ4v) is 2.39. The van der Waals surface area contributed by atoms with Gasteiger partial charge in [0.25, 0.3) is 0 Å². The molecule has 1 aliphatic rings. The zero-order valence-electron chi connectivity index (χ0n) is 12.5. The van der Waals surface area contributed by atoms with Crippen LogP contribution in [-0.2, 0) is 11.2 Å². The molecule has 1 atom stereocenters. The van der Waals surface area contributed by atoms with Gasteiger partial charge in [0.05, 0.1) is 20.1 Å². The summed E-state index contributed by atoms with van der Waals surface area (Å²) in [5, 5.41) is 6.19. The second kappa shape index (κ2) is 8.74. The number of hydrogen-bond donors (Lipinski definition) is 2. The average molecular weight is 315 g/mol. The van der Waals surface area contributed by atoms with E-state index < -0.39 is 0 Å². The standard InChI is InChI=1S/C15H22N2O3.ClH/c1-19-13-4-3-11(9-14(13)20-2)5-8-17-15(18)12-6-7-16-10-12;/h3-4,9,12,16H,5-8,10H2,1-2H3,(H,17,18);1H. The molecule has 1 aromatic carbocycles. The molecule has 1 aliphatic heterocycles. The van der Waals surface area contributed by atoms with E-state index in [0.717, 1.165) is 43.0 Å². The summed E-state index contributed by atoms with van der Waals surface area (Å²) in [6.45, 7) is 2.38. The van der Waals surface area contributed by atoms with Gasteiger partial charge in [-0.25, -0.2) is 0 Å². The van der Waals surface area contributed by atoms with Crippen molar-refractivity contribution in [2.75, 3.05) is 33.9 Å². The molecule has 0 saturated carbocycles. The maximum atomic E-state index is 11.9. The van der Waals surface area contributed by atoms with Crippen molar-refractivity contribution < 1.29 is 14.3 Å². The number of nitrogens with one attached hydrogen (secondary N) is 2. The van der Waals surface area contributed by atoms with Crippen molar-refractivity contribution in [1.82, 2.24) is 10.6 Å². The maximum absolute atomic E-state index is 11.9. The molecule has 1 fully saturated rings. The minimum absolute atomic E-state index is 0. The summed E-state index contributed by atoms with van der Waals surface area (Å²) in [6.07, 6.45) is 1.72. The van der Waals surface area contributed by atoms with Crippen molar-refractivity contribution in [3.63, 3.8) is 0 Å². The van der Waals surface area contributed by atoms with E-state index in [1.165, 1.54) is 0 Å². The Morgan fingerprint density at radius 1 is 1.33 bits per heavy atom. The Morgan fingerprint density at radius 3 is 2.71 bits per heavy atom. The van der Waals surface area contributed by atoms with Gasteiger partial charge >= 0.3 is 0 Å². The van der Waals surface area contributed by atoms with Gasteiger partial charge in [0, 0.05) is 13.1 Å². The van der Waals surface area contributed by atoms with Gasteiger partial charge in [0.15, 0.2) is 11.5 Å². The molecule has 1 aromatic rings. The van der Waals surface area contributed by atoms with Crippen molar-refractivity contribution in [2.45, 2.75) is 12.8 Å². The smallest absolute Gasteiger partial charge is 0.224 e. The first-order chi connectivity index (χ1) is 9.74. The number of methoxy groups -OCH3 is 2. The molecular weight excluding hydrogens is 292 g/mol. The van der Waals surface area contributed by atoms with Gasteiger partial charge in [-0.2, -0.15) is 0 Å². The minimum atomic E-state index is 0. The third-order valence-electron chi connectivity index (χ3n) is 3.59. The molecule has 2 N–H and O–H groups in total. The molecule has 1 saturated heterocycles. The van der Waals surface area contributed by atoms with E-state index in [4.69, 9.17) is 9.47 Å². The molecule has 2 rings (SSSR count). The Bertz CT molecular complexity index is 462. The predicted octanol–water partition coefficient (Wildman–Crippen LogP) is 1.39. The topological polar surface area (TPSA) is 59.6 Å². The van der Waals surface area contributed by atoms with Crippen LogP contribution in [0.3, 0.4) is 0 Å². The van der Waals surface area contributed by atoms with Gasteiger partial charge in [0.1, 0.15) is 0 Å².